The van der Waals surface area contributed by atoms with Crippen LogP contribution in [0.3, 0.4) is 0 Å². The van der Waals surface area contributed by atoms with Gasteiger partial charge in [0.2, 0.25) is 0 Å². The number of aliphatic hydroxyl groups is 3. The highest BCUT2D eigenvalue weighted by molar-refractivity contribution is 5.06. The Kier molecular flexibility index (Phi) is 3.12. The van der Waals surface area contributed by atoms with E-state index in [4.69, 9.17) is 14.2 Å². The van der Waals surface area contributed by atoms with E-state index in [-0.39, 0.29) is 24.7 Å². The monoisotopic (exact) mass is 260 g/mol. The van der Waals surface area contributed by atoms with Crippen LogP contribution in [0.25, 0.3) is 0 Å². The van der Waals surface area contributed by atoms with Crippen molar-refractivity contribution in [1.29, 1.82) is 0 Å². The first kappa shape index (κ1) is 12.8. The van der Waals surface area contributed by atoms with Crippen molar-refractivity contribution in [3.05, 3.63) is 0 Å². The van der Waals surface area contributed by atoms with Gasteiger partial charge in [0.25, 0.3) is 0 Å². The molecule has 0 aromatic heterocycles. The molecule has 0 radical (unpaired) electrons. The first-order valence-electron chi connectivity index (χ1n) is 6.45. The first-order chi connectivity index (χ1) is 8.55. The number of ether oxygens (including phenoxy) is 3. The van der Waals surface area contributed by atoms with Crippen LogP contribution < -0.4 is 0 Å². The molecular formula is C12H20O6. The molecule has 3 fully saturated rings. The highest BCUT2D eigenvalue weighted by atomic mass is 16.6. The molecule has 0 bridgehead atoms. The van der Waals surface area contributed by atoms with E-state index in [1.807, 2.05) is 0 Å². The van der Waals surface area contributed by atoms with Crippen molar-refractivity contribution in [3.8, 4) is 0 Å². The van der Waals surface area contributed by atoms with E-state index in [0.29, 0.717) is 32.7 Å². The number of hydrogen-bond donors (Lipinski definition) is 3. The fourth-order valence-corrected chi connectivity index (χ4v) is 2.55. The van der Waals surface area contributed by atoms with Gasteiger partial charge in [0, 0.05) is 19.3 Å². The van der Waals surface area contributed by atoms with Gasteiger partial charge in [-0.2, -0.15) is 0 Å². The molecule has 4 unspecified atom stereocenters. The Morgan fingerprint density at radius 3 is 1.39 bits per heavy atom. The Labute approximate surface area is 105 Å². The zero-order valence-electron chi connectivity index (χ0n) is 10.2. The Morgan fingerprint density at radius 2 is 1.11 bits per heavy atom. The molecule has 0 amide bonds. The molecule has 3 aliphatic heterocycles. The maximum absolute atomic E-state index is 10.8. The minimum Gasteiger partial charge on any atom is -0.393 e. The summed E-state index contributed by atoms with van der Waals surface area (Å²) in [5, 5.41) is 30.9. The van der Waals surface area contributed by atoms with Crippen molar-refractivity contribution >= 4 is 0 Å². The fourth-order valence-electron chi connectivity index (χ4n) is 2.55. The van der Waals surface area contributed by atoms with Crippen molar-refractivity contribution in [1.82, 2.24) is 0 Å². The molecule has 18 heavy (non-hydrogen) atoms. The molecule has 3 saturated heterocycles. The van der Waals surface area contributed by atoms with E-state index < -0.39 is 17.8 Å². The van der Waals surface area contributed by atoms with Crippen molar-refractivity contribution in [2.45, 2.75) is 48.8 Å². The molecule has 0 spiro atoms. The Hall–Kier alpha value is -0.240. The van der Waals surface area contributed by atoms with Crippen LogP contribution in [-0.2, 0) is 14.2 Å². The Bertz CT molecular complexity index is 296. The molecule has 3 N–H and O–H groups in total. The van der Waals surface area contributed by atoms with Crippen molar-refractivity contribution in [2.75, 3.05) is 26.4 Å². The maximum Gasteiger partial charge on any atom is 0.119 e. The van der Waals surface area contributed by atoms with Gasteiger partial charge in [-0.05, 0) is 0 Å². The van der Waals surface area contributed by atoms with Gasteiger partial charge in [-0.1, -0.05) is 0 Å². The minimum atomic E-state index is -1.55. The van der Waals surface area contributed by atoms with Gasteiger partial charge in [-0.3, -0.25) is 0 Å². The third kappa shape index (κ3) is 2.68. The smallest absolute Gasteiger partial charge is 0.119 e. The summed E-state index contributed by atoms with van der Waals surface area (Å²) in [6, 6.07) is 0. The van der Waals surface area contributed by atoms with E-state index in [1.54, 1.807) is 0 Å². The van der Waals surface area contributed by atoms with Crippen LogP contribution in [0.5, 0.6) is 0 Å². The molecule has 3 rings (SSSR count). The summed E-state index contributed by atoms with van der Waals surface area (Å²) >= 11 is 0. The minimum absolute atomic E-state index is 0.0213. The molecular weight excluding hydrogens is 240 g/mol. The largest absolute Gasteiger partial charge is 0.393 e. The average molecular weight is 260 g/mol. The van der Waals surface area contributed by atoms with Crippen molar-refractivity contribution in [3.63, 3.8) is 0 Å². The standard InChI is InChI=1S/C12H20O6/c13-7-12(15,3-10-6-18-10)11(14,1-8-4-16-8)2-9-5-17-9/h8-10,13-15H,1-7H2. The van der Waals surface area contributed by atoms with E-state index in [2.05, 4.69) is 0 Å². The summed E-state index contributed by atoms with van der Waals surface area (Å²) < 4.78 is 15.4. The second-order valence-corrected chi connectivity index (χ2v) is 5.70. The zero-order valence-corrected chi connectivity index (χ0v) is 10.2. The Morgan fingerprint density at radius 1 is 0.778 bits per heavy atom. The SMILES string of the molecule is OCC(O)(CC1CO1)C(O)(CC1CO1)CC1CO1. The highest BCUT2D eigenvalue weighted by Gasteiger charge is 2.56. The lowest BCUT2D eigenvalue weighted by molar-refractivity contribution is -0.188. The molecule has 0 aromatic carbocycles. The Balaban J connectivity index is 1.73. The van der Waals surface area contributed by atoms with Gasteiger partial charge in [0.05, 0.1) is 44.7 Å². The summed E-state index contributed by atoms with van der Waals surface area (Å²) in [4.78, 5) is 0. The van der Waals surface area contributed by atoms with E-state index >= 15 is 0 Å². The van der Waals surface area contributed by atoms with Gasteiger partial charge in [0.1, 0.15) is 11.2 Å². The number of hydrogen-bond acceptors (Lipinski definition) is 6. The lowest BCUT2D eigenvalue weighted by Gasteiger charge is -2.42. The summed E-state index contributed by atoms with van der Waals surface area (Å²) in [6.07, 6.45) is 0.806. The van der Waals surface area contributed by atoms with Crippen LogP contribution in [0.4, 0.5) is 0 Å². The molecule has 104 valence electrons. The molecule has 6 nitrogen and oxygen atoms in total. The fraction of sp³-hybridized carbons (Fsp3) is 1.00. The molecule has 6 heteroatoms. The lowest BCUT2D eigenvalue weighted by atomic mass is 9.74. The quantitative estimate of drug-likeness (QED) is 0.475. The van der Waals surface area contributed by atoms with Crippen molar-refractivity contribution < 1.29 is 29.5 Å². The summed E-state index contributed by atoms with van der Waals surface area (Å²) in [7, 11) is 0. The third-order valence-electron chi connectivity index (χ3n) is 4.03. The van der Waals surface area contributed by atoms with E-state index in [9.17, 15) is 15.3 Å². The predicted octanol–water partition coefficient (Wildman–Crippen LogP) is -1.19. The van der Waals surface area contributed by atoms with Crippen LogP contribution in [0.15, 0.2) is 0 Å². The number of epoxide rings is 3. The summed E-state index contributed by atoms with van der Waals surface area (Å²) in [6.45, 7) is 1.31. The van der Waals surface area contributed by atoms with Crippen LogP contribution in [0.2, 0.25) is 0 Å². The molecule has 0 aliphatic carbocycles. The van der Waals surface area contributed by atoms with Gasteiger partial charge < -0.3 is 29.5 Å². The topological polar surface area (TPSA) is 98.3 Å². The summed E-state index contributed by atoms with van der Waals surface area (Å²) in [5.74, 6) is 0. The molecule has 0 saturated carbocycles. The number of aliphatic hydroxyl groups excluding tert-OH is 1. The predicted molar refractivity (Wildman–Crippen MR) is 60.1 cm³/mol. The van der Waals surface area contributed by atoms with E-state index in [0.717, 1.165) is 0 Å². The molecule has 4 atom stereocenters. The van der Waals surface area contributed by atoms with Crippen LogP contribution in [-0.4, -0.2) is 71.3 Å². The van der Waals surface area contributed by atoms with Crippen molar-refractivity contribution in [2.24, 2.45) is 0 Å². The first-order valence-corrected chi connectivity index (χ1v) is 6.45. The van der Waals surface area contributed by atoms with Gasteiger partial charge in [-0.15, -0.1) is 0 Å². The molecule has 3 aliphatic rings. The van der Waals surface area contributed by atoms with Crippen LogP contribution in [0, 0.1) is 0 Å². The lowest BCUT2D eigenvalue weighted by Crippen LogP contribution is -2.59. The normalized spacial score (nSPS) is 39.8. The van der Waals surface area contributed by atoms with Gasteiger partial charge in [0.15, 0.2) is 0 Å². The molecule has 3 heterocycles. The van der Waals surface area contributed by atoms with Gasteiger partial charge >= 0.3 is 0 Å². The third-order valence-corrected chi connectivity index (χ3v) is 4.03. The molecule has 0 aromatic rings. The second-order valence-electron chi connectivity index (χ2n) is 5.70. The van der Waals surface area contributed by atoms with E-state index in [1.165, 1.54) is 0 Å². The number of rotatable bonds is 8. The van der Waals surface area contributed by atoms with Crippen LogP contribution >= 0.6 is 0 Å². The van der Waals surface area contributed by atoms with Crippen LogP contribution in [0.1, 0.15) is 19.3 Å². The zero-order chi connectivity index (χ0) is 12.8. The highest BCUT2D eigenvalue weighted by Crippen LogP contribution is 2.41. The second kappa shape index (κ2) is 4.40. The summed E-state index contributed by atoms with van der Waals surface area (Å²) in [5.41, 5.74) is -2.93. The van der Waals surface area contributed by atoms with Gasteiger partial charge in [-0.25, -0.2) is 0 Å². The average Bonchev–Trinajstić information content (AvgIpc) is 3.10. The maximum atomic E-state index is 10.8.